The van der Waals surface area contributed by atoms with Gasteiger partial charge in [-0.15, -0.1) is 0 Å². The van der Waals surface area contributed by atoms with Crippen LogP contribution < -0.4 is 5.32 Å². The van der Waals surface area contributed by atoms with E-state index >= 15 is 0 Å². The first kappa shape index (κ1) is 17.5. The van der Waals surface area contributed by atoms with Crippen LogP contribution in [-0.2, 0) is 19.3 Å². The quantitative estimate of drug-likeness (QED) is 0.558. The van der Waals surface area contributed by atoms with Gasteiger partial charge in [-0.3, -0.25) is 4.99 Å². The average molecular weight is 333 g/mol. The van der Waals surface area contributed by atoms with E-state index in [1.165, 1.54) is 6.26 Å². The van der Waals surface area contributed by atoms with E-state index in [1.54, 1.807) is 0 Å². The third-order valence-corrected chi connectivity index (χ3v) is 4.76. The lowest BCUT2D eigenvalue weighted by Crippen LogP contribution is -2.53. The number of nitrogens with one attached hydrogen (secondary N) is 1. The third-order valence-electron chi connectivity index (χ3n) is 3.83. The third kappa shape index (κ3) is 5.40. The Labute approximate surface area is 133 Å². The molecule has 8 heteroatoms. The number of guanidine groups is 1. The largest absolute Gasteiger partial charge is 0.375 e. The van der Waals surface area contributed by atoms with Crippen LogP contribution in [0.1, 0.15) is 19.8 Å². The molecule has 128 valence electrons. The summed E-state index contributed by atoms with van der Waals surface area (Å²) < 4.78 is 34.0. The van der Waals surface area contributed by atoms with Gasteiger partial charge in [0.1, 0.15) is 15.9 Å². The first-order valence-electron chi connectivity index (χ1n) is 7.94. The van der Waals surface area contributed by atoms with Crippen molar-refractivity contribution in [2.24, 2.45) is 4.99 Å². The van der Waals surface area contributed by atoms with Crippen LogP contribution in [0.25, 0.3) is 0 Å². The Balaban J connectivity index is 1.95. The van der Waals surface area contributed by atoms with Crippen LogP contribution in [0.5, 0.6) is 0 Å². The molecule has 7 nitrogen and oxygen atoms in total. The van der Waals surface area contributed by atoms with Crippen molar-refractivity contribution in [3.05, 3.63) is 0 Å². The second-order valence-electron chi connectivity index (χ2n) is 5.77. The van der Waals surface area contributed by atoms with Crippen molar-refractivity contribution < 1.29 is 17.9 Å². The number of ether oxygens (including phenoxy) is 2. The predicted molar refractivity (Wildman–Crippen MR) is 86.0 cm³/mol. The van der Waals surface area contributed by atoms with Gasteiger partial charge in [-0.2, -0.15) is 0 Å². The molecular weight excluding hydrogens is 306 g/mol. The molecule has 2 rings (SSSR count). The molecule has 22 heavy (non-hydrogen) atoms. The molecule has 2 saturated heterocycles. The summed E-state index contributed by atoms with van der Waals surface area (Å²) in [6.07, 6.45) is 3.60. The Morgan fingerprint density at radius 3 is 2.73 bits per heavy atom. The minimum atomic E-state index is -2.99. The highest BCUT2D eigenvalue weighted by Gasteiger charge is 2.32. The summed E-state index contributed by atoms with van der Waals surface area (Å²) in [5, 5.41) is 3.23. The van der Waals surface area contributed by atoms with Crippen LogP contribution in [0.2, 0.25) is 0 Å². The maximum atomic E-state index is 11.2. The molecule has 2 unspecified atom stereocenters. The highest BCUT2D eigenvalue weighted by molar-refractivity contribution is 7.90. The van der Waals surface area contributed by atoms with Gasteiger partial charge >= 0.3 is 0 Å². The summed E-state index contributed by atoms with van der Waals surface area (Å²) >= 11 is 0. The van der Waals surface area contributed by atoms with E-state index in [0.717, 1.165) is 45.0 Å². The van der Waals surface area contributed by atoms with Gasteiger partial charge < -0.3 is 19.7 Å². The van der Waals surface area contributed by atoms with Crippen LogP contribution in [0.4, 0.5) is 0 Å². The predicted octanol–water partition coefficient (Wildman–Crippen LogP) is -0.124. The Hall–Kier alpha value is -0.860. The number of rotatable bonds is 5. The first-order valence-corrected chi connectivity index (χ1v) is 10.00. The summed E-state index contributed by atoms with van der Waals surface area (Å²) in [6.45, 7) is 5.98. The summed E-state index contributed by atoms with van der Waals surface area (Å²) in [4.78, 5) is 6.58. The summed E-state index contributed by atoms with van der Waals surface area (Å²) in [7, 11) is -2.99. The molecule has 0 aromatic carbocycles. The smallest absolute Gasteiger partial charge is 0.194 e. The van der Waals surface area contributed by atoms with Crippen LogP contribution in [0, 0.1) is 0 Å². The van der Waals surface area contributed by atoms with Crippen molar-refractivity contribution in [1.82, 2.24) is 10.2 Å². The van der Waals surface area contributed by atoms with Gasteiger partial charge in [0.2, 0.25) is 0 Å². The lowest BCUT2D eigenvalue weighted by Gasteiger charge is -2.37. The van der Waals surface area contributed by atoms with Crippen molar-refractivity contribution in [2.75, 3.05) is 51.4 Å². The van der Waals surface area contributed by atoms with Gasteiger partial charge in [0.25, 0.3) is 0 Å². The molecule has 0 radical (unpaired) electrons. The average Bonchev–Trinajstić information content (AvgIpc) is 2.99. The number of aliphatic imine (C=N–C) groups is 1. The molecule has 0 aromatic heterocycles. The molecule has 1 N–H and O–H groups in total. The van der Waals surface area contributed by atoms with Crippen molar-refractivity contribution >= 4 is 15.8 Å². The topological polar surface area (TPSA) is 80.2 Å². The number of sulfone groups is 1. The van der Waals surface area contributed by atoms with Crippen LogP contribution in [-0.4, -0.2) is 82.9 Å². The molecule has 0 spiro atoms. The zero-order valence-electron chi connectivity index (χ0n) is 13.5. The van der Waals surface area contributed by atoms with E-state index in [0.29, 0.717) is 6.61 Å². The Morgan fingerprint density at radius 1 is 1.32 bits per heavy atom. The minimum absolute atomic E-state index is 0.0648. The zero-order valence-corrected chi connectivity index (χ0v) is 14.3. The van der Waals surface area contributed by atoms with Gasteiger partial charge in [-0.1, -0.05) is 0 Å². The molecule has 2 fully saturated rings. The Morgan fingerprint density at radius 2 is 2.09 bits per heavy atom. The molecule has 0 aromatic rings. The zero-order chi connectivity index (χ0) is 16.0. The maximum Gasteiger partial charge on any atom is 0.194 e. The van der Waals surface area contributed by atoms with Gasteiger partial charge in [-0.25, -0.2) is 8.42 Å². The molecule has 0 amide bonds. The van der Waals surface area contributed by atoms with Crippen LogP contribution in [0.3, 0.4) is 0 Å². The number of morpholine rings is 1. The Bertz CT molecular complexity index is 474. The summed E-state index contributed by atoms with van der Waals surface area (Å²) in [6, 6.07) is 0. The second kappa shape index (κ2) is 8.12. The molecule has 2 aliphatic rings. The van der Waals surface area contributed by atoms with Gasteiger partial charge in [0.15, 0.2) is 5.96 Å². The fourth-order valence-electron chi connectivity index (χ4n) is 2.73. The van der Waals surface area contributed by atoms with Crippen LogP contribution >= 0.6 is 0 Å². The lowest BCUT2D eigenvalue weighted by molar-refractivity contribution is -0.0816. The van der Waals surface area contributed by atoms with E-state index in [1.807, 2.05) is 6.92 Å². The second-order valence-corrected chi connectivity index (χ2v) is 8.03. The SMILES string of the molecule is CCNC(=NCCS(C)(=O)=O)N1CCOC(C2CCCO2)C1. The number of nitrogens with zero attached hydrogens (tertiary/aromatic N) is 2. The van der Waals surface area contributed by atoms with Crippen molar-refractivity contribution in [2.45, 2.75) is 32.0 Å². The summed E-state index contributed by atoms with van der Waals surface area (Å²) in [5.74, 6) is 0.832. The standard InChI is InChI=1S/C14H27N3O4S/c1-3-15-14(16-6-10-22(2,18)19)17-7-9-21-13(11-17)12-5-4-8-20-12/h12-13H,3-11H2,1-2H3,(H,15,16). The molecule has 0 aliphatic carbocycles. The molecule has 0 bridgehead atoms. The van der Waals surface area contributed by atoms with E-state index < -0.39 is 9.84 Å². The van der Waals surface area contributed by atoms with Crippen molar-refractivity contribution in [3.63, 3.8) is 0 Å². The highest BCUT2D eigenvalue weighted by atomic mass is 32.2. The van der Waals surface area contributed by atoms with E-state index in [-0.39, 0.29) is 24.5 Å². The van der Waals surface area contributed by atoms with Crippen LogP contribution in [0.15, 0.2) is 4.99 Å². The van der Waals surface area contributed by atoms with E-state index in [4.69, 9.17) is 9.47 Å². The number of hydrogen-bond acceptors (Lipinski definition) is 5. The maximum absolute atomic E-state index is 11.2. The molecule has 2 atom stereocenters. The van der Waals surface area contributed by atoms with Gasteiger partial charge in [0.05, 0.1) is 25.0 Å². The van der Waals surface area contributed by atoms with Crippen molar-refractivity contribution in [1.29, 1.82) is 0 Å². The van der Waals surface area contributed by atoms with E-state index in [2.05, 4.69) is 15.2 Å². The van der Waals surface area contributed by atoms with Gasteiger partial charge in [-0.05, 0) is 19.8 Å². The first-order chi connectivity index (χ1) is 10.5. The fourth-order valence-corrected chi connectivity index (χ4v) is 3.15. The highest BCUT2D eigenvalue weighted by Crippen LogP contribution is 2.21. The lowest BCUT2D eigenvalue weighted by atomic mass is 10.1. The normalized spacial score (nSPS) is 27.2. The molecule has 2 aliphatic heterocycles. The van der Waals surface area contributed by atoms with Gasteiger partial charge in [0, 0.05) is 32.5 Å². The monoisotopic (exact) mass is 333 g/mol. The molecule has 0 saturated carbocycles. The minimum Gasteiger partial charge on any atom is -0.375 e. The molecule has 2 heterocycles. The molecular formula is C14H27N3O4S. The fraction of sp³-hybridized carbons (Fsp3) is 0.929. The van der Waals surface area contributed by atoms with Crippen molar-refractivity contribution in [3.8, 4) is 0 Å². The number of hydrogen-bond donors (Lipinski definition) is 1. The van der Waals surface area contributed by atoms with E-state index in [9.17, 15) is 8.42 Å². The summed E-state index contributed by atoms with van der Waals surface area (Å²) in [5.41, 5.74) is 0. The Kier molecular flexibility index (Phi) is 6.46.